The van der Waals surface area contributed by atoms with Crippen LogP contribution in [0.1, 0.15) is 12.5 Å². The lowest BCUT2D eigenvalue weighted by atomic mass is 10.2. The van der Waals surface area contributed by atoms with Crippen molar-refractivity contribution >= 4 is 5.69 Å². The van der Waals surface area contributed by atoms with Crippen LogP contribution in [-0.2, 0) is 0 Å². The lowest BCUT2D eigenvalue weighted by molar-refractivity contribution is -0.385. The number of benzene rings is 1. The molecule has 2 N–H and O–H groups in total. The van der Waals surface area contributed by atoms with Crippen LogP contribution in [0.4, 0.5) is 5.69 Å². The molecule has 1 aromatic carbocycles. The average molecular weight is 224 g/mol. The highest BCUT2D eigenvalue weighted by molar-refractivity contribution is 5.48. The van der Waals surface area contributed by atoms with Gasteiger partial charge in [-0.05, 0) is 25.1 Å². The molecular formula is C11H16N2O3. The van der Waals surface area contributed by atoms with E-state index in [1.165, 1.54) is 6.07 Å². The molecule has 0 fully saturated rings. The third-order valence-corrected chi connectivity index (χ3v) is 2.24. The fourth-order valence-electron chi connectivity index (χ4n) is 1.19. The lowest BCUT2D eigenvalue weighted by Gasteiger charge is -2.11. The molecule has 1 aromatic rings. The van der Waals surface area contributed by atoms with Crippen LogP contribution < -0.4 is 10.5 Å². The third kappa shape index (κ3) is 3.20. The van der Waals surface area contributed by atoms with Gasteiger partial charge in [-0.3, -0.25) is 10.1 Å². The number of nitrogens with zero attached hydrogens (tertiary/aromatic N) is 1. The van der Waals surface area contributed by atoms with E-state index in [2.05, 4.69) is 0 Å². The molecule has 0 saturated carbocycles. The van der Waals surface area contributed by atoms with Gasteiger partial charge >= 0.3 is 5.69 Å². The van der Waals surface area contributed by atoms with Crippen molar-refractivity contribution < 1.29 is 9.66 Å². The quantitative estimate of drug-likeness (QED) is 0.611. The zero-order valence-electron chi connectivity index (χ0n) is 9.47. The van der Waals surface area contributed by atoms with E-state index < -0.39 is 4.92 Å². The Bertz CT molecular complexity index is 379. The summed E-state index contributed by atoms with van der Waals surface area (Å²) in [7, 11) is 0. The summed E-state index contributed by atoms with van der Waals surface area (Å²) in [6.07, 6.45) is 0. The smallest absolute Gasteiger partial charge is 0.310 e. The lowest BCUT2D eigenvalue weighted by Crippen LogP contribution is -2.18. The monoisotopic (exact) mass is 224 g/mol. The van der Waals surface area contributed by atoms with E-state index in [-0.39, 0.29) is 11.6 Å². The molecule has 0 aromatic heterocycles. The first-order chi connectivity index (χ1) is 7.54. The van der Waals surface area contributed by atoms with Crippen molar-refractivity contribution in [3.8, 4) is 5.75 Å². The Morgan fingerprint density at radius 2 is 2.25 bits per heavy atom. The predicted octanol–water partition coefficient (Wildman–Crippen LogP) is 1.88. The van der Waals surface area contributed by atoms with Crippen LogP contribution in [0.25, 0.3) is 0 Å². The van der Waals surface area contributed by atoms with E-state index in [0.29, 0.717) is 18.9 Å². The van der Waals surface area contributed by atoms with E-state index in [1.54, 1.807) is 12.1 Å². The van der Waals surface area contributed by atoms with Gasteiger partial charge in [0.2, 0.25) is 0 Å². The number of ether oxygens (including phenoxy) is 1. The molecule has 0 bridgehead atoms. The molecular weight excluding hydrogens is 208 g/mol. The molecule has 0 aliphatic rings. The van der Waals surface area contributed by atoms with Crippen molar-refractivity contribution in [3.63, 3.8) is 0 Å². The van der Waals surface area contributed by atoms with Gasteiger partial charge in [-0.2, -0.15) is 0 Å². The van der Waals surface area contributed by atoms with Crippen LogP contribution in [0.2, 0.25) is 0 Å². The van der Waals surface area contributed by atoms with Gasteiger partial charge in [0.1, 0.15) is 0 Å². The van der Waals surface area contributed by atoms with Crippen LogP contribution in [0, 0.1) is 23.0 Å². The summed E-state index contributed by atoms with van der Waals surface area (Å²) in [6.45, 7) is 4.69. The molecule has 1 atom stereocenters. The van der Waals surface area contributed by atoms with Crippen molar-refractivity contribution in [2.45, 2.75) is 13.8 Å². The molecule has 16 heavy (non-hydrogen) atoms. The molecule has 0 heterocycles. The van der Waals surface area contributed by atoms with Crippen LogP contribution >= 0.6 is 0 Å². The second kappa shape index (κ2) is 5.46. The number of rotatable bonds is 5. The van der Waals surface area contributed by atoms with E-state index in [0.717, 1.165) is 5.56 Å². The van der Waals surface area contributed by atoms with Gasteiger partial charge in [0.15, 0.2) is 5.75 Å². The topological polar surface area (TPSA) is 78.4 Å². The van der Waals surface area contributed by atoms with E-state index in [1.807, 2.05) is 13.8 Å². The Kier molecular flexibility index (Phi) is 4.25. The summed E-state index contributed by atoms with van der Waals surface area (Å²) in [4.78, 5) is 10.3. The van der Waals surface area contributed by atoms with Crippen LogP contribution in [0.15, 0.2) is 18.2 Å². The number of nitro benzene ring substituents is 1. The summed E-state index contributed by atoms with van der Waals surface area (Å²) >= 11 is 0. The number of aryl methyl sites for hydroxylation is 1. The number of hydrogen-bond donors (Lipinski definition) is 1. The first-order valence-corrected chi connectivity index (χ1v) is 5.12. The summed E-state index contributed by atoms with van der Waals surface area (Å²) in [5.74, 6) is 0.491. The van der Waals surface area contributed by atoms with Gasteiger partial charge in [0.05, 0.1) is 11.5 Å². The number of hydrogen-bond acceptors (Lipinski definition) is 4. The van der Waals surface area contributed by atoms with Gasteiger partial charge in [-0.15, -0.1) is 0 Å². The fraction of sp³-hybridized carbons (Fsp3) is 0.455. The summed E-state index contributed by atoms with van der Waals surface area (Å²) in [5.41, 5.74) is 6.38. The van der Waals surface area contributed by atoms with Crippen LogP contribution in [0.3, 0.4) is 0 Å². The normalized spacial score (nSPS) is 12.2. The van der Waals surface area contributed by atoms with Gasteiger partial charge in [-0.25, -0.2) is 0 Å². The molecule has 0 amide bonds. The van der Waals surface area contributed by atoms with E-state index >= 15 is 0 Å². The summed E-state index contributed by atoms with van der Waals surface area (Å²) in [6, 6.07) is 4.82. The van der Waals surface area contributed by atoms with Gasteiger partial charge in [0, 0.05) is 12.0 Å². The second-order valence-electron chi connectivity index (χ2n) is 3.88. The molecule has 0 saturated heterocycles. The maximum Gasteiger partial charge on any atom is 0.310 e. The summed E-state index contributed by atoms with van der Waals surface area (Å²) in [5, 5.41) is 10.7. The Balaban J connectivity index is 2.84. The molecule has 0 aliphatic heterocycles. The molecule has 1 unspecified atom stereocenters. The molecule has 0 spiro atoms. The van der Waals surface area contributed by atoms with Crippen molar-refractivity contribution in [2.75, 3.05) is 13.2 Å². The highest BCUT2D eigenvalue weighted by atomic mass is 16.6. The second-order valence-corrected chi connectivity index (χ2v) is 3.88. The van der Waals surface area contributed by atoms with Crippen LogP contribution in [0.5, 0.6) is 5.75 Å². The van der Waals surface area contributed by atoms with Crippen molar-refractivity contribution in [3.05, 3.63) is 33.9 Å². The Morgan fingerprint density at radius 3 is 2.81 bits per heavy atom. The van der Waals surface area contributed by atoms with Crippen molar-refractivity contribution in [1.29, 1.82) is 0 Å². The minimum absolute atomic E-state index is 0.00479. The van der Waals surface area contributed by atoms with E-state index in [4.69, 9.17) is 10.5 Å². The van der Waals surface area contributed by atoms with Gasteiger partial charge < -0.3 is 10.5 Å². The predicted molar refractivity (Wildman–Crippen MR) is 61.5 cm³/mol. The van der Waals surface area contributed by atoms with Crippen LogP contribution in [-0.4, -0.2) is 18.1 Å². The van der Waals surface area contributed by atoms with Gasteiger partial charge in [-0.1, -0.05) is 13.0 Å². The standard InChI is InChI=1S/C11H16N2O3/c1-8-3-4-10(13(14)15)11(5-8)16-7-9(2)6-12/h3-5,9H,6-7,12H2,1-2H3. The fourth-order valence-corrected chi connectivity index (χ4v) is 1.19. The Hall–Kier alpha value is -1.62. The maximum atomic E-state index is 10.7. The Labute approximate surface area is 94.4 Å². The molecule has 5 heteroatoms. The minimum Gasteiger partial charge on any atom is -0.486 e. The first-order valence-electron chi connectivity index (χ1n) is 5.12. The maximum absolute atomic E-state index is 10.7. The molecule has 1 rings (SSSR count). The SMILES string of the molecule is Cc1ccc([N+](=O)[O-])c(OCC(C)CN)c1. The zero-order valence-corrected chi connectivity index (χ0v) is 9.47. The van der Waals surface area contributed by atoms with E-state index in [9.17, 15) is 10.1 Å². The van der Waals surface area contributed by atoms with Crippen molar-refractivity contribution in [2.24, 2.45) is 11.7 Å². The minimum atomic E-state index is -0.443. The number of nitro groups is 1. The van der Waals surface area contributed by atoms with Gasteiger partial charge in [0.25, 0.3) is 0 Å². The van der Waals surface area contributed by atoms with Crippen molar-refractivity contribution in [1.82, 2.24) is 0 Å². The Morgan fingerprint density at radius 1 is 1.56 bits per heavy atom. The molecule has 0 aliphatic carbocycles. The average Bonchev–Trinajstić information content (AvgIpc) is 2.25. The molecule has 0 radical (unpaired) electrons. The first kappa shape index (κ1) is 12.4. The number of nitrogens with two attached hydrogens (primary N) is 1. The highest BCUT2D eigenvalue weighted by Crippen LogP contribution is 2.27. The zero-order chi connectivity index (χ0) is 12.1. The largest absolute Gasteiger partial charge is 0.486 e. The highest BCUT2D eigenvalue weighted by Gasteiger charge is 2.15. The summed E-state index contributed by atoms with van der Waals surface area (Å²) < 4.78 is 5.41. The third-order valence-electron chi connectivity index (χ3n) is 2.24. The molecule has 5 nitrogen and oxygen atoms in total. The molecule has 88 valence electrons.